The van der Waals surface area contributed by atoms with Crippen LogP contribution in [0.1, 0.15) is 58.9 Å². The van der Waals surface area contributed by atoms with Crippen molar-refractivity contribution in [3.8, 4) is 11.5 Å². The zero-order chi connectivity index (χ0) is 15.4. The van der Waals surface area contributed by atoms with Crippen LogP contribution >= 0.6 is 23.2 Å². The molecule has 1 rings (SSSR count). The number of halogens is 2. The van der Waals surface area contributed by atoms with Gasteiger partial charge in [0.1, 0.15) is 0 Å². The van der Waals surface area contributed by atoms with Crippen LogP contribution in [0.5, 0.6) is 11.5 Å². The van der Waals surface area contributed by atoms with E-state index in [9.17, 15) is 5.11 Å². The molecule has 1 aromatic carbocycles. The summed E-state index contributed by atoms with van der Waals surface area (Å²) >= 11 is 11.7. The first-order chi connectivity index (χ1) is 9.17. The number of phenols is 1. The van der Waals surface area contributed by atoms with Crippen LogP contribution in [-0.2, 0) is 5.41 Å². The van der Waals surface area contributed by atoms with Gasteiger partial charge >= 0.3 is 0 Å². The Morgan fingerprint density at radius 1 is 1.15 bits per heavy atom. The molecule has 0 fully saturated rings. The van der Waals surface area contributed by atoms with Gasteiger partial charge < -0.3 is 9.84 Å². The molecule has 0 saturated carbocycles. The minimum Gasteiger partial charge on any atom is -0.504 e. The van der Waals surface area contributed by atoms with Crippen LogP contribution in [0.4, 0.5) is 0 Å². The summed E-state index contributed by atoms with van der Waals surface area (Å²) in [5, 5.41) is 10.4. The number of phenolic OH excluding ortho intramolecular Hbond substituents is 1. The number of para-hydroxylation sites is 1. The highest BCUT2D eigenvalue weighted by molar-refractivity contribution is 6.47. The van der Waals surface area contributed by atoms with Crippen LogP contribution < -0.4 is 4.74 Å². The molecule has 0 spiro atoms. The zero-order valence-corrected chi connectivity index (χ0v) is 14.2. The standard InChI is InChI=1S/C16H24Cl2O2/c1-5-6-7-11-15(2,3)12-9-8-10-13(14(12)19)20-16(4,17)18/h8-10,19H,5-7,11H2,1-4H3. The Balaban J connectivity index is 2.98. The Hall–Kier alpha value is -0.600. The van der Waals surface area contributed by atoms with Crippen molar-refractivity contribution in [2.24, 2.45) is 0 Å². The van der Waals surface area contributed by atoms with Crippen LogP contribution in [0, 0.1) is 0 Å². The molecule has 0 aromatic heterocycles. The first-order valence-electron chi connectivity index (χ1n) is 7.06. The minimum absolute atomic E-state index is 0.117. The molecule has 0 aliphatic heterocycles. The summed E-state index contributed by atoms with van der Waals surface area (Å²) in [7, 11) is 0. The molecule has 4 heteroatoms. The van der Waals surface area contributed by atoms with Crippen molar-refractivity contribution in [3.05, 3.63) is 23.8 Å². The molecule has 0 heterocycles. The van der Waals surface area contributed by atoms with E-state index in [-0.39, 0.29) is 11.2 Å². The van der Waals surface area contributed by atoms with Gasteiger partial charge in [0.15, 0.2) is 11.5 Å². The largest absolute Gasteiger partial charge is 0.504 e. The van der Waals surface area contributed by atoms with E-state index in [2.05, 4.69) is 20.8 Å². The third-order valence-electron chi connectivity index (χ3n) is 3.42. The van der Waals surface area contributed by atoms with Gasteiger partial charge in [0.05, 0.1) is 0 Å². The van der Waals surface area contributed by atoms with E-state index in [1.165, 1.54) is 19.8 Å². The van der Waals surface area contributed by atoms with Gasteiger partial charge in [-0.15, -0.1) is 0 Å². The number of unbranched alkanes of at least 4 members (excludes halogenated alkanes) is 2. The quantitative estimate of drug-likeness (QED) is 0.510. The molecule has 0 saturated heterocycles. The van der Waals surface area contributed by atoms with Crippen molar-refractivity contribution in [2.75, 3.05) is 0 Å². The minimum atomic E-state index is -1.36. The highest BCUT2D eigenvalue weighted by Crippen LogP contribution is 2.42. The van der Waals surface area contributed by atoms with Crippen LogP contribution in [0.15, 0.2) is 18.2 Å². The van der Waals surface area contributed by atoms with Crippen LogP contribution in [0.2, 0.25) is 0 Å². The van der Waals surface area contributed by atoms with Gasteiger partial charge in [0, 0.05) is 12.5 Å². The molecule has 0 unspecified atom stereocenters. The highest BCUT2D eigenvalue weighted by Gasteiger charge is 2.27. The van der Waals surface area contributed by atoms with Gasteiger partial charge in [0.25, 0.3) is 4.52 Å². The van der Waals surface area contributed by atoms with Crippen molar-refractivity contribution in [1.82, 2.24) is 0 Å². The smallest absolute Gasteiger partial charge is 0.255 e. The number of aromatic hydroxyl groups is 1. The van der Waals surface area contributed by atoms with Gasteiger partial charge in [-0.3, -0.25) is 0 Å². The molecule has 0 bridgehead atoms. The highest BCUT2D eigenvalue weighted by atomic mass is 35.5. The number of ether oxygens (including phenoxy) is 1. The van der Waals surface area contributed by atoms with E-state index < -0.39 is 4.52 Å². The molecule has 0 atom stereocenters. The monoisotopic (exact) mass is 318 g/mol. The molecular formula is C16H24Cl2O2. The second kappa shape index (κ2) is 6.91. The van der Waals surface area contributed by atoms with Gasteiger partial charge in [-0.1, -0.05) is 75.4 Å². The summed E-state index contributed by atoms with van der Waals surface area (Å²) in [6, 6.07) is 5.45. The molecule has 1 aromatic rings. The average molecular weight is 319 g/mol. The first kappa shape index (κ1) is 17.5. The maximum absolute atomic E-state index is 10.4. The maximum Gasteiger partial charge on any atom is 0.255 e. The van der Waals surface area contributed by atoms with Crippen molar-refractivity contribution in [1.29, 1.82) is 0 Å². The lowest BCUT2D eigenvalue weighted by Gasteiger charge is -2.27. The van der Waals surface area contributed by atoms with E-state index in [1.807, 2.05) is 12.1 Å². The van der Waals surface area contributed by atoms with E-state index in [1.54, 1.807) is 6.07 Å². The van der Waals surface area contributed by atoms with Crippen molar-refractivity contribution in [2.45, 2.75) is 63.3 Å². The topological polar surface area (TPSA) is 29.5 Å². The van der Waals surface area contributed by atoms with Gasteiger partial charge in [-0.2, -0.15) is 0 Å². The zero-order valence-electron chi connectivity index (χ0n) is 12.7. The Morgan fingerprint density at radius 3 is 2.35 bits per heavy atom. The van der Waals surface area contributed by atoms with Crippen molar-refractivity contribution in [3.63, 3.8) is 0 Å². The summed E-state index contributed by atoms with van der Waals surface area (Å²) in [6.07, 6.45) is 4.53. The van der Waals surface area contributed by atoms with Crippen LogP contribution in [-0.4, -0.2) is 9.63 Å². The number of alkyl halides is 2. The lowest BCUT2D eigenvalue weighted by atomic mass is 9.79. The second-order valence-electron chi connectivity index (χ2n) is 5.90. The molecule has 0 aliphatic rings. The summed E-state index contributed by atoms with van der Waals surface area (Å²) in [5.41, 5.74) is 0.747. The van der Waals surface area contributed by atoms with E-state index >= 15 is 0 Å². The summed E-state index contributed by atoms with van der Waals surface area (Å²) in [6.45, 7) is 7.96. The SMILES string of the molecule is CCCCCC(C)(C)c1cccc(OC(C)(Cl)Cl)c1O. The summed E-state index contributed by atoms with van der Waals surface area (Å²) in [5.74, 6) is 0.445. The third-order valence-corrected chi connectivity index (χ3v) is 3.58. The average Bonchev–Trinajstić information content (AvgIpc) is 2.30. The molecule has 0 amide bonds. The lowest BCUT2D eigenvalue weighted by Crippen LogP contribution is -2.19. The lowest BCUT2D eigenvalue weighted by molar-refractivity contribution is 0.247. The maximum atomic E-state index is 10.4. The molecule has 2 nitrogen and oxygen atoms in total. The molecule has 114 valence electrons. The van der Waals surface area contributed by atoms with E-state index in [4.69, 9.17) is 27.9 Å². The van der Waals surface area contributed by atoms with Gasteiger partial charge in [-0.25, -0.2) is 0 Å². The predicted molar refractivity (Wildman–Crippen MR) is 86.0 cm³/mol. The molecule has 0 aliphatic carbocycles. The molecule has 20 heavy (non-hydrogen) atoms. The fraction of sp³-hybridized carbons (Fsp3) is 0.625. The molecule has 0 radical (unpaired) electrons. The summed E-state index contributed by atoms with van der Waals surface area (Å²) in [4.78, 5) is 0. The van der Waals surface area contributed by atoms with E-state index in [0.29, 0.717) is 5.75 Å². The van der Waals surface area contributed by atoms with Crippen molar-refractivity contribution >= 4 is 23.2 Å². The molecular weight excluding hydrogens is 295 g/mol. The molecule has 1 N–H and O–H groups in total. The van der Waals surface area contributed by atoms with Crippen molar-refractivity contribution < 1.29 is 9.84 Å². The summed E-state index contributed by atoms with van der Waals surface area (Å²) < 4.78 is 4.02. The predicted octanol–water partition coefficient (Wildman–Crippen LogP) is 5.78. The van der Waals surface area contributed by atoms with Gasteiger partial charge in [0.2, 0.25) is 0 Å². The van der Waals surface area contributed by atoms with Gasteiger partial charge in [-0.05, 0) is 17.9 Å². The van der Waals surface area contributed by atoms with Crippen LogP contribution in [0.3, 0.4) is 0 Å². The number of rotatable bonds is 7. The fourth-order valence-corrected chi connectivity index (χ4v) is 2.46. The third kappa shape index (κ3) is 5.06. The normalized spacial score (nSPS) is 12.5. The van der Waals surface area contributed by atoms with Crippen LogP contribution in [0.25, 0.3) is 0 Å². The van der Waals surface area contributed by atoms with E-state index in [0.717, 1.165) is 18.4 Å². The Bertz CT molecular complexity index is 437. The Kier molecular flexibility index (Phi) is 6.03. The number of benzene rings is 1. The second-order valence-corrected chi connectivity index (χ2v) is 7.54. The number of hydrogen-bond acceptors (Lipinski definition) is 2. The fourth-order valence-electron chi connectivity index (χ4n) is 2.30. The first-order valence-corrected chi connectivity index (χ1v) is 7.82. The number of hydrogen-bond donors (Lipinski definition) is 1. The Morgan fingerprint density at radius 2 is 1.80 bits per heavy atom. The Labute approximate surface area is 132 Å².